The van der Waals surface area contributed by atoms with Gasteiger partial charge in [-0.2, -0.15) is 5.26 Å². The fourth-order valence-electron chi connectivity index (χ4n) is 5.08. The van der Waals surface area contributed by atoms with Crippen molar-refractivity contribution in [3.63, 3.8) is 0 Å². The van der Waals surface area contributed by atoms with E-state index in [9.17, 15) is 9.59 Å². The number of aromatic amines is 1. The number of fused-ring (bicyclic) bond motifs is 5. The van der Waals surface area contributed by atoms with E-state index in [2.05, 4.69) is 22.1 Å². The highest BCUT2D eigenvalue weighted by Crippen LogP contribution is 2.42. The highest BCUT2D eigenvalue weighted by Gasteiger charge is 2.44. The van der Waals surface area contributed by atoms with E-state index in [-0.39, 0.29) is 36.1 Å². The van der Waals surface area contributed by atoms with E-state index in [1.54, 1.807) is 6.20 Å². The number of H-pyrrole nitrogens is 1. The van der Waals surface area contributed by atoms with Crippen molar-refractivity contribution in [1.29, 1.82) is 5.26 Å². The summed E-state index contributed by atoms with van der Waals surface area (Å²) in [6.07, 6.45) is 10.1. The van der Waals surface area contributed by atoms with Crippen LogP contribution >= 0.6 is 0 Å². The van der Waals surface area contributed by atoms with E-state index >= 15 is 0 Å². The third-order valence-electron chi connectivity index (χ3n) is 6.06. The lowest BCUT2D eigenvalue weighted by molar-refractivity contribution is -0.135. The molecule has 0 saturated carbocycles. The van der Waals surface area contributed by atoms with Crippen molar-refractivity contribution in [2.75, 3.05) is 0 Å². The molecule has 2 aliphatic heterocycles. The third-order valence-corrected chi connectivity index (χ3v) is 6.06. The van der Waals surface area contributed by atoms with Crippen molar-refractivity contribution in [3.05, 3.63) is 34.0 Å². The SMILES string of the molecule is N#CCC(=O)N1[C@@H]2CC[C@H]1CC(n1c(=O)[nH]c3cnc4c(c31)C=CC4)C2. The first kappa shape index (κ1) is 15.4. The fraction of sp³-hybridized carbons (Fsp3) is 0.474. The predicted molar refractivity (Wildman–Crippen MR) is 95.2 cm³/mol. The van der Waals surface area contributed by atoms with Gasteiger partial charge in [-0.15, -0.1) is 0 Å². The first-order chi connectivity index (χ1) is 12.7. The van der Waals surface area contributed by atoms with E-state index < -0.39 is 0 Å². The Morgan fingerprint density at radius 1 is 1.31 bits per heavy atom. The predicted octanol–water partition coefficient (Wildman–Crippen LogP) is 1.90. The Hall–Kier alpha value is -2.88. The summed E-state index contributed by atoms with van der Waals surface area (Å²) >= 11 is 0. The standard InChI is InChI=1S/C19H19N5O2/c20-7-6-17(25)23-11-4-5-12(23)9-13(8-11)24-18-14-2-1-3-15(14)21-10-16(18)22-19(24)26/h1-2,10-13H,3-6,8-9H2,(H,22,26)/t11-,12+,13?. The van der Waals surface area contributed by atoms with Crippen LogP contribution in [0, 0.1) is 11.3 Å². The van der Waals surface area contributed by atoms with Gasteiger partial charge in [0.05, 0.1) is 29.0 Å². The summed E-state index contributed by atoms with van der Waals surface area (Å²) in [4.78, 5) is 34.3. The topological polar surface area (TPSA) is 94.8 Å². The van der Waals surface area contributed by atoms with Gasteiger partial charge in [0.25, 0.3) is 0 Å². The van der Waals surface area contributed by atoms with Crippen molar-refractivity contribution in [2.24, 2.45) is 0 Å². The van der Waals surface area contributed by atoms with Crippen LogP contribution in [0.5, 0.6) is 0 Å². The fourth-order valence-corrected chi connectivity index (χ4v) is 5.08. The zero-order valence-electron chi connectivity index (χ0n) is 14.3. The molecule has 5 rings (SSSR count). The Labute approximate surface area is 149 Å². The Morgan fingerprint density at radius 3 is 2.81 bits per heavy atom. The first-order valence-electron chi connectivity index (χ1n) is 9.14. The van der Waals surface area contributed by atoms with Crippen LogP contribution < -0.4 is 5.69 Å². The summed E-state index contributed by atoms with van der Waals surface area (Å²) in [5.74, 6) is -0.0715. The van der Waals surface area contributed by atoms with Crippen LogP contribution in [0.3, 0.4) is 0 Å². The Bertz CT molecular complexity index is 1030. The smallest absolute Gasteiger partial charge is 0.326 e. The van der Waals surface area contributed by atoms with Crippen LogP contribution in [-0.2, 0) is 11.2 Å². The number of piperidine rings is 1. The van der Waals surface area contributed by atoms with Crippen molar-refractivity contribution in [3.8, 4) is 6.07 Å². The average Bonchev–Trinajstić information content (AvgIpc) is 3.28. The quantitative estimate of drug-likeness (QED) is 0.896. The number of carbonyl (C=O) groups is 1. The van der Waals surface area contributed by atoms with Gasteiger partial charge in [0, 0.05) is 30.1 Å². The van der Waals surface area contributed by atoms with Gasteiger partial charge in [0.1, 0.15) is 6.42 Å². The normalized spacial score (nSPS) is 26.3. The lowest BCUT2D eigenvalue weighted by atomic mass is 9.96. The number of imidazole rings is 1. The molecule has 26 heavy (non-hydrogen) atoms. The molecular formula is C19H19N5O2. The number of nitriles is 1. The maximum atomic E-state index is 12.7. The maximum Gasteiger partial charge on any atom is 0.326 e. The molecule has 3 atom stereocenters. The highest BCUT2D eigenvalue weighted by molar-refractivity contribution is 5.87. The first-order valence-corrected chi connectivity index (χ1v) is 9.14. The number of nitrogens with zero attached hydrogens (tertiary/aromatic N) is 4. The van der Waals surface area contributed by atoms with Gasteiger partial charge in [0.15, 0.2) is 0 Å². The number of hydrogen-bond donors (Lipinski definition) is 1. The minimum atomic E-state index is -0.100. The molecule has 1 N–H and O–H groups in total. The molecule has 0 radical (unpaired) electrons. The summed E-state index contributed by atoms with van der Waals surface area (Å²) in [7, 11) is 0. The van der Waals surface area contributed by atoms with Crippen molar-refractivity contribution < 1.29 is 4.79 Å². The number of hydrogen-bond acceptors (Lipinski definition) is 4. The van der Waals surface area contributed by atoms with Gasteiger partial charge < -0.3 is 9.88 Å². The van der Waals surface area contributed by atoms with Crippen LogP contribution in [0.15, 0.2) is 17.1 Å². The number of allylic oxidation sites excluding steroid dienone is 1. The summed E-state index contributed by atoms with van der Waals surface area (Å²) in [5, 5.41) is 8.85. The third kappa shape index (κ3) is 2.08. The highest BCUT2D eigenvalue weighted by atomic mass is 16.2. The zero-order chi connectivity index (χ0) is 17.8. The molecule has 1 aliphatic carbocycles. The second-order valence-corrected chi connectivity index (χ2v) is 7.43. The summed E-state index contributed by atoms with van der Waals surface area (Å²) in [6.45, 7) is 0. The van der Waals surface area contributed by atoms with Gasteiger partial charge in [-0.3, -0.25) is 14.3 Å². The van der Waals surface area contributed by atoms with Gasteiger partial charge >= 0.3 is 5.69 Å². The summed E-state index contributed by atoms with van der Waals surface area (Å²) in [5.41, 5.74) is 3.66. The molecular weight excluding hydrogens is 330 g/mol. The van der Waals surface area contributed by atoms with Gasteiger partial charge in [-0.25, -0.2) is 4.79 Å². The second kappa shape index (κ2) is 5.56. The van der Waals surface area contributed by atoms with Crippen LogP contribution in [0.4, 0.5) is 0 Å². The average molecular weight is 349 g/mol. The Morgan fingerprint density at radius 2 is 2.08 bits per heavy atom. The van der Waals surface area contributed by atoms with E-state index in [1.807, 2.05) is 15.5 Å². The maximum absolute atomic E-state index is 12.7. The number of rotatable bonds is 2. The van der Waals surface area contributed by atoms with Crippen LogP contribution in [0.1, 0.15) is 49.4 Å². The second-order valence-electron chi connectivity index (χ2n) is 7.43. The van der Waals surface area contributed by atoms with Crippen molar-refractivity contribution in [1.82, 2.24) is 19.4 Å². The lowest BCUT2D eigenvalue weighted by Crippen LogP contribution is -2.47. The summed E-state index contributed by atoms with van der Waals surface area (Å²) in [6, 6.07) is 2.29. The molecule has 0 aromatic carbocycles. The molecule has 4 heterocycles. The minimum absolute atomic E-state index is 0.0608. The number of amides is 1. The summed E-state index contributed by atoms with van der Waals surface area (Å²) < 4.78 is 1.89. The van der Waals surface area contributed by atoms with Gasteiger partial charge in [0.2, 0.25) is 5.91 Å². The van der Waals surface area contributed by atoms with Crippen molar-refractivity contribution >= 4 is 23.0 Å². The Balaban J connectivity index is 1.55. The largest absolute Gasteiger partial charge is 0.336 e. The molecule has 2 aromatic heterocycles. The minimum Gasteiger partial charge on any atom is -0.336 e. The van der Waals surface area contributed by atoms with Crippen LogP contribution in [-0.4, -0.2) is 37.4 Å². The van der Waals surface area contributed by atoms with Gasteiger partial charge in [-0.05, 0) is 25.7 Å². The van der Waals surface area contributed by atoms with Crippen LogP contribution in [0.25, 0.3) is 17.1 Å². The van der Waals surface area contributed by atoms with Gasteiger partial charge in [-0.1, -0.05) is 12.2 Å². The molecule has 0 spiro atoms. The molecule has 7 nitrogen and oxygen atoms in total. The Kier molecular flexibility index (Phi) is 3.29. The van der Waals surface area contributed by atoms with E-state index in [4.69, 9.17) is 5.26 Å². The molecule has 1 amide bonds. The lowest BCUT2D eigenvalue weighted by Gasteiger charge is -2.39. The molecule has 2 saturated heterocycles. The molecule has 2 fully saturated rings. The molecule has 132 valence electrons. The molecule has 3 aliphatic rings. The monoisotopic (exact) mass is 349 g/mol. The van der Waals surface area contributed by atoms with E-state index in [1.165, 1.54) is 0 Å². The van der Waals surface area contributed by atoms with Crippen molar-refractivity contribution in [2.45, 2.75) is 56.7 Å². The van der Waals surface area contributed by atoms with Crippen LogP contribution in [0.2, 0.25) is 0 Å². The molecule has 2 aromatic rings. The molecule has 7 heteroatoms. The molecule has 1 unspecified atom stereocenters. The number of carbonyl (C=O) groups excluding carboxylic acids is 1. The zero-order valence-corrected chi connectivity index (χ0v) is 14.3. The molecule has 2 bridgehead atoms. The number of aromatic nitrogens is 3. The number of nitrogens with one attached hydrogen (secondary N) is 1. The van der Waals surface area contributed by atoms with E-state index in [0.717, 1.165) is 54.4 Å². The van der Waals surface area contributed by atoms with E-state index in [0.29, 0.717) is 0 Å². The number of pyridine rings is 1.